The standard InChI is InChI=1S/C19H19F3N2O4S/c20-19(21,22)14-6-8-17(9-7-14)29(26,27)23-15-4-3-5-16(12-15)28-13-18(25)24-10-1-2-11-24/h3-9,12,23H,1-2,10-11,13H2. The maximum absolute atomic E-state index is 12.6. The number of halogens is 3. The number of benzene rings is 2. The first kappa shape index (κ1) is 21.0. The van der Waals surface area contributed by atoms with E-state index in [2.05, 4.69) is 4.72 Å². The summed E-state index contributed by atoms with van der Waals surface area (Å²) in [5, 5.41) is 0. The molecule has 1 aliphatic rings. The third-order valence-electron chi connectivity index (χ3n) is 4.40. The van der Waals surface area contributed by atoms with Crippen LogP contribution in [0, 0.1) is 0 Å². The van der Waals surface area contributed by atoms with Crippen LogP contribution >= 0.6 is 0 Å². The van der Waals surface area contributed by atoms with Crippen LogP contribution in [0.3, 0.4) is 0 Å². The quantitative estimate of drug-likeness (QED) is 0.764. The predicted molar refractivity (Wildman–Crippen MR) is 100 cm³/mol. The molecule has 1 aliphatic heterocycles. The van der Waals surface area contributed by atoms with Crippen molar-refractivity contribution in [3.05, 3.63) is 54.1 Å². The summed E-state index contributed by atoms with van der Waals surface area (Å²) in [6.07, 6.45) is -2.62. The molecule has 2 aromatic rings. The molecule has 0 aromatic heterocycles. The lowest BCUT2D eigenvalue weighted by molar-refractivity contribution is -0.137. The Morgan fingerprint density at radius 2 is 1.72 bits per heavy atom. The van der Waals surface area contributed by atoms with E-state index in [1.165, 1.54) is 12.1 Å². The second kappa shape index (κ2) is 8.32. The maximum Gasteiger partial charge on any atom is 0.416 e. The van der Waals surface area contributed by atoms with Gasteiger partial charge < -0.3 is 9.64 Å². The molecule has 0 saturated carbocycles. The van der Waals surface area contributed by atoms with Gasteiger partial charge in [-0.2, -0.15) is 13.2 Å². The summed E-state index contributed by atoms with van der Waals surface area (Å²) in [6.45, 7) is 1.25. The average molecular weight is 428 g/mol. The number of likely N-dealkylation sites (tertiary alicyclic amines) is 1. The first-order chi connectivity index (χ1) is 13.6. The van der Waals surface area contributed by atoms with Gasteiger partial charge in [-0.05, 0) is 49.2 Å². The molecular weight excluding hydrogens is 409 g/mol. The molecule has 0 radical (unpaired) electrons. The number of carbonyl (C=O) groups excluding carboxylic acids is 1. The summed E-state index contributed by atoms with van der Waals surface area (Å²) in [5.74, 6) is 0.156. The van der Waals surface area contributed by atoms with E-state index in [4.69, 9.17) is 4.74 Å². The van der Waals surface area contributed by atoms with Crippen molar-refractivity contribution in [3.8, 4) is 5.75 Å². The van der Waals surface area contributed by atoms with E-state index in [9.17, 15) is 26.4 Å². The van der Waals surface area contributed by atoms with Gasteiger partial charge in [-0.3, -0.25) is 9.52 Å². The van der Waals surface area contributed by atoms with E-state index >= 15 is 0 Å². The highest BCUT2D eigenvalue weighted by Crippen LogP contribution is 2.30. The zero-order valence-corrected chi connectivity index (χ0v) is 16.1. The third-order valence-corrected chi connectivity index (χ3v) is 5.80. The van der Waals surface area contributed by atoms with E-state index in [0.29, 0.717) is 31.0 Å². The van der Waals surface area contributed by atoms with Gasteiger partial charge in [-0.15, -0.1) is 0 Å². The molecule has 1 saturated heterocycles. The van der Waals surface area contributed by atoms with Crippen LogP contribution in [0.4, 0.5) is 18.9 Å². The monoisotopic (exact) mass is 428 g/mol. The molecule has 0 unspecified atom stereocenters. The van der Waals surface area contributed by atoms with Crippen molar-refractivity contribution in [1.82, 2.24) is 4.90 Å². The SMILES string of the molecule is O=C(COc1cccc(NS(=O)(=O)c2ccc(C(F)(F)F)cc2)c1)N1CCCC1. The lowest BCUT2D eigenvalue weighted by Gasteiger charge is -2.16. The van der Waals surface area contributed by atoms with Gasteiger partial charge in [0.15, 0.2) is 6.61 Å². The predicted octanol–water partition coefficient (Wildman–Crippen LogP) is 3.51. The molecule has 1 N–H and O–H groups in total. The Labute approximate surface area is 166 Å². The van der Waals surface area contributed by atoms with E-state index in [0.717, 1.165) is 25.0 Å². The van der Waals surface area contributed by atoms with Gasteiger partial charge in [0.05, 0.1) is 16.1 Å². The molecule has 2 aromatic carbocycles. The molecule has 10 heteroatoms. The normalized spacial score (nSPS) is 14.7. The van der Waals surface area contributed by atoms with E-state index in [1.807, 2.05) is 0 Å². The van der Waals surface area contributed by atoms with Crippen molar-refractivity contribution >= 4 is 21.6 Å². The van der Waals surface area contributed by atoms with Gasteiger partial charge in [-0.1, -0.05) is 6.07 Å². The number of rotatable bonds is 6. The number of carbonyl (C=O) groups is 1. The minimum absolute atomic E-state index is 0.141. The lowest BCUT2D eigenvalue weighted by Crippen LogP contribution is -2.32. The number of amides is 1. The molecule has 29 heavy (non-hydrogen) atoms. The first-order valence-electron chi connectivity index (χ1n) is 8.86. The van der Waals surface area contributed by atoms with Crippen LogP contribution < -0.4 is 9.46 Å². The highest BCUT2D eigenvalue weighted by Gasteiger charge is 2.30. The van der Waals surface area contributed by atoms with Gasteiger partial charge in [0, 0.05) is 19.2 Å². The summed E-state index contributed by atoms with van der Waals surface area (Å²) in [7, 11) is -4.08. The number of hydrogen-bond donors (Lipinski definition) is 1. The lowest BCUT2D eigenvalue weighted by atomic mass is 10.2. The Bertz CT molecular complexity index is 970. The molecule has 1 heterocycles. The van der Waals surface area contributed by atoms with Gasteiger partial charge in [0.1, 0.15) is 5.75 Å². The Morgan fingerprint density at radius 1 is 1.07 bits per heavy atom. The van der Waals surface area contributed by atoms with Crippen molar-refractivity contribution in [1.29, 1.82) is 0 Å². The Kier molecular flexibility index (Phi) is 6.02. The summed E-state index contributed by atoms with van der Waals surface area (Å²) in [4.78, 5) is 13.4. The molecule has 1 fully saturated rings. The zero-order valence-electron chi connectivity index (χ0n) is 15.3. The third kappa shape index (κ3) is 5.41. The van der Waals surface area contributed by atoms with Crippen molar-refractivity contribution in [2.75, 3.05) is 24.4 Å². The number of sulfonamides is 1. The van der Waals surface area contributed by atoms with Crippen LogP contribution in [0.2, 0.25) is 0 Å². The molecule has 0 spiro atoms. The van der Waals surface area contributed by atoms with E-state index in [1.54, 1.807) is 17.0 Å². The van der Waals surface area contributed by atoms with Crippen LogP contribution in [-0.2, 0) is 21.0 Å². The zero-order chi connectivity index (χ0) is 21.1. The van der Waals surface area contributed by atoms with Crippen LogP contribution in [0.1, 0.15) is 18.4 Å². The number of nitrogens with zero attached hydrogens (tertiary/aromatic N) is 1. The minimum Gasteiger partial charge on any atom is -0.484 e. The van der Waals surface area contributed by atoms with Crippen molar-refractivity contribution in [2.45, 2.75) is 23.9 Å². The second-order valence-electron chi connectivity index (χ2n) is 6.53. The summed E-state index contributed by atoms with van der Waals surface area (Å²) >= 11 is 0. The Morgan fingerprint density at radius 3 is 2.34 bits per heavy atom. The molecule has 0 bridgehead atoms. The highest BCUT2D eigenvalue weighted by molar-refractivity contribution is 7.92. The molecule has 0 atom stereocenters. The molecule has 3 rings (SSSR count). The fraction of sp³-hybridized carbons (Fsp3) is 0.316. The smallest absolute Gasteiger partial charge is 0.416 e. The van der Waals surface area contributed by atoms with Crippen molar-refractivity contribution in [3.63, 3.8) is 0 Å². The summed E-state index contributed by atoms with van der Waals surface area (Å²) in [6, 6.07) is 9.18. The Hall–Kier alpha value is -2.75. The summed E-state index contributed by atoms with van der Waals surface area (Å²) in [5.41, 5.74) is -0.773. The molecular formula is C19H19F3N2O4S. The fourth-order valence-electron chi connectivity index (χ4n) is 2.89. The largest absolute Gasteiger partial charge is 0.484 e. The minimum atomic E-state index is -4.55. The summed E-state index contributed by atoms with van der Waals surface area (Å²) < 4.78 is 70.5. The topological polar surface area (TPSA) is 75.7 Å². The van der Waals surface area contributed by atoms with Gasteiger partial charge in [-0.25, -0.2) is 8.42 Å². The number of ether oxygens (including phenoxy) is 1. The second-order valence-corrected chi connectivity index (χ2v) is 8.21. The molecule has 1 amide bonds. The molecule has 0 aliphatic carbocycles. The maximum atomic E-state index is 12.6. The number of nitrogens with one attached hydrogen (secondary N) is 1. The average Bonchev–Trinajstić information content (AvgIpc) is 3.20. The molecule has 156 valence electrons. The van der Waals surface area contributed by atoms with Crippen LogP contribution in [0.25, 0.3) is 0 Å². The van der Waals surface area contributed by atoms with Gasteiger partial charge in [0.2, 0.25) is 0 Å². The number of alkyl halides is 3. The Balaban J connectivity index is 1.66. The van der Waals surface area contributed by atoms with E-state index < -0.39 is 21.8 Å². The highest BCUT2D eigenvalue weighted by atomic mass is 32.2. The number of anilines is 1. The van der Waals surface area contributed by atoms with Crippen LogP contribution in [0.5, 0.6) is 5.75 Å². The van der Waals surface area contributed by atoms with Crippen molar-refractivity contribution < 1.29 is 31.1 Å². The van der Waals surface area contributed by atoms with Crippen LogP contribution in [-0.4, -0.2) is 38.9 Å². The first-order valence-corrected chi connectivity index (χ1v) is 10.3. The van der Waals surface area contributed by atoms with Gasteiger partial charge >= 0.3 is 6.18 Å². The molecule has 6 nitrogen and oxygen atoms in total. The number of hydrogen-bond acceptors (Lipinski definition) is 4. The van der Waals surface area contributed by atoms with Gasteiger partial charge in [0.25, 0.3) is 15.9 Å². The fourth-order valence-corrected chi connectivity index (χ4v) is 3.94. The van der Waals surface area contributed by atoms with Crippen LogP contribution in [0.15, 0.2) is 53.4 Å². The van der Waals surface area contributed by atoms with E-state index in [-0.39, 0.29) is 23.1 Å². The van der Waals surface area contributed by atoms with Crippen molar-refractivity contribution in [2.24, 2.45) is 0 Å².